The fourth-order valence-corrected chi connectivity index (χ4v) is 3.66. The molecule has 1 aromatic rings. The molecule has 0 radical (unpaired) electrons. The van der Waals surface area contributed by atoms with Gasteiger partial charge in [0.15, 0.2) is 11.1 Å². The van der Waals surface area contributed by atoms with Crippen LogP contribution in [0.4, 0.5) is 18.3 Å². The van der Waals surface area contributed by atoms with Crippen molar-refractivity contribution < 1.29 is 13.2 Å². The number of rotatable bonds is 4. The predicted octanol–water partition coefficient (Wildman–Crippen LogP) is 2.10. The van der Waals surface area contributed by atoms with Crippen LogP contribution in [0.5, 0.6) is 0 Å². The first-order valence-corrected chi connectivity index (χ1v) is 8.68. The van der Waals surface area contributed by atoms with E-state index in [0.717, 1.165) is 31.4 Å². The van der Waals surface area contributed by atoms with Crippen molar-refractivity contribution in [2.45, 2.75) is 43.8 Å². The minimum absolute atomic E-state index is 0.0187. The van der Waals surface area contributed by atoms with Gasteiger partial charge in [0, 0.05) is 17.3 Å². The molecule has 11 heteroatoms. The fourth-order valence-electron chi connectivity index (χ4n) is 2.63. The third-order valence-electron chi connectivity index (χ3n) is 3.61. The molecule has 6 N–H and O–H groups in total. The topological polar surface area (TPSA) is 101 Å². The number of thiocarbonyl (C=S) groups is 1. The Bertz CT molecular complexity index is 597. The van der Waals surface area contributed by atoms with Crippen LogP contribution < -0.4 is 22.1 Å². The number of alkyl halides is 3. The number of aromatic nitrogens is 1. The van der Waals surface area contributed by atoms with E-state index in [1.807, 2.05) is 5.38 Å². The maximum atomic E-state index is 12.2. The highest BCUT2D eigenvalue weighted by Crippen LogP contribution is 2.35. The van der Waals surface area contributed by atoms with Gasteiger partial charge in [-0.3, -0.25) is 0 Å². The van der Waals surface area contributed by atoms with Crippen LogP contribution in [0, 0.1) is 0 Å². The third-order valence-corrected chi connectivity index (χ3v) is 4.63. The molecule has 0 aromatic carbocycles. The molecule has 0 aliphatic heterocycles. The highest BCUT2D eigenvalue weighted by Gasteiger charge is 2.28. The summed E-state index contributed by atoms with van der Waals surface area (Å²) < 4.78 is 36.6. The van der Waals surface area contributed by atoms with Crippen LogP contribution in [-0.2, 0) is 0 Å². The summed E-state index contributed by atoms with van der Waals surface area (Å²) in [5.41, 5.74) is 11.6. The normalized spacial score (nSPS) is 21.1. The summed E-state index contributed by atoms with van der Waals surface area (Å²) in [7, 11) is 0. The lowest BCUT2D eigenvalue weighted by atomic mass is 9.84. The van der Waals surface area contributed by atoms with Gasteiger partial charge < -0.3 is 22.1 Å². The summed E-state index contributed by atoms with van der Waals surface area (Å²) in [4.78, 5) is 8.32. The van der Waals surface area contributed by atoms with Crippen LogP contribution in [0.15, 0.2) is 10.4 Å². The molecule has 2 atom stereocenters. The summed E-state index contributed by atoms with van der Waals surface area (Å²) in [6.07, 6.45) is -0.775. The van der Waals surface area contributed by atoms with Crippen LogP contribution in [0.25, 0.3) is 0 Å². The maximum Gasteiger partial charge on any atom is 0.405 e. The second kappa shape index (κ2) is 7.97. The molecule has 1 aliphatic rings. The molecule has 1 aromatic heterocycles. The standard InChI is InChI=1S/C13H19F3N6S2/c14-13(15,16)6-19-11(23)20-8-3-1-2-7(4-8)9-5-24-12(21-9)22-10(17)18/h5,7-8H,1-4,6H2,(H2,19,20,23)(H4,17,18,21,22). The molecular weight excluding hydrogens is 361 g/mol. The van der Waals surface area contributed by atoms with E-state index in [4.69, 9.17) is 23.7 Å². The number of thiazole rings is 1. The quantitative estimate of drug-likeness (QED) is 0.363. The van der Waals surface area contributed by atoms with Gasteiger partial charge in [-0.1, -0.05) is 6.42 Å². The average Bonchev–Trinajstić information content (AvgIpc) is 2.92. The van der Waals surface area contributed by atoms with Crippen molar-refractivity contribution >= 4 is 39.8 Å². The Kier molecular flexibility index (Phi) is 6.21. The molecule has 0 bridgehead atoms. The first kappa shape index (κ1) is 18.7. The van der Waals surface area contributed by atoms with Gasteiger partial charge in [-0.2, -0.15) is 18.2 Å². The Morgan fingerprint density at radius 2 is 2.17 bits per heavy atom. The number of halogens is 3. The number of nitrogens with zero attached hydrogens (tertiary/aromatic N) is 2. The Labute approximate surface area is 146 Å². The van der Waals surface area contributed by atoms with E-state index in [9.17, 15) is 13.2 Å². The highest BCUT2D eigenvalue weighted by atomic mass is 32.1. The minimum atomic E-state index is -4.29. The molecule has 0 amide bonds. The molecule has 2 rings (SSSR count). The second-order valence-electron chi connectivity index (χ2n) is 5.59. The summed E-state index contributed by atoms with van der Waals surface area (Å²) in [6.45, 7) is -1.14. The third kappa shape index (κ3) is 6.11. The van der Waals surface area contributed by atoms with Gasteiger partial charge in [0.1, 0.15) is 6.54 Å². The van der Waals surface area contributed by atoms with Gasteiger partial charge in [0.25, 0.3) is 0 Å². The van der Waals surface area contributed by atoms with Crippen molar-refractivity contribution in [2.75, 3.05) is 6.54 Å². The van der Waals surface area contributed by atoms with Gasteiger partial charge in [-0.25, -0.2) is 4.98 Å². The largest absolute Gasteiger partial charge is 0.405 e. The SMILES string of the molecule is NC(N)=Nc1nc(C2CCCC(NC(=S)NCC(F)(F)F)C2)cs1. The number of hydrogen-bond donors (Lipinski definition) is 4. The first-order chi connectivity index (χ1) is 11.2. The van der Waals surface area contributed by atoms with Crippen LogP contribution >= 0.6 is 23.6 Å². The molecule has 6 nitrogen and oxygen atoms in total. The number of guanidine groups is 1. The van der Waals surface area contributed by atoms with E-state index in [2.05, 4.69) is 20.6 Å². The zero-order valence-corrected chi connectivity index (χ0v) is 14.4. The number of hydrogen-bond acceptors (Lipinski definition) is 4. The van der Waals surface area contributed by atoms with Crippen molar-refractivity contribution in [1.29, 1.82) is 0 Å². The van der Waals surface area contributed by atoms with Crippen molar-refractivity contribution in [3.8, 4) is 0 Å². The van der Waals surface area contributed by atoms with Gasteiger partial charge in [0.05, 0.1) is 5.69 Å². The predicted molar refractivity (Wildman–Crippen MR) is 92.4 cm³/mol. The number of nitrogens with one attached hydrogen (secondary N) is 2. The van der Waals surface area contributed by atoms with Crippen molar-refractivity contribution in [1.82, 2.24) is 15.6 Å². The molecule has 1 saturated carbocycles. The van der Waals surface area contributed by atoms with E-state index in [1.165, 1.54) is 11.3 Å². The molecule has 2 unspecified atom stereocenters. The van der Waals surface area contributed by atoms with Gasteiger partial charge in [-0.15, -0.1) is 11.3 Å². The van der Waals surface area contributed by atoms with Crippen LogP contribution in [0.3, 0.4) is 0 Å². The van der Waals surface area contributed by atoms with Crippen molar-refractivity contribution in [3.63, 3.8) is 0 Å². The van der Waals surface area contributed by atoms with Gasteiger partial charge in [-0.05, 0) is 31.5 Å². The Hall–Kier alpha value is -1.62. The summed E-state index contributed by atoms with van der Waals surface area (Å²) in [5, 5.41) is 7.58. The summed E-state index contributed by atoms with van der Waals surface area (Å²) >= 11 is 6.28. The van der Waals surface area contributed by atoms with E-state index in [1.54, 1.807) is 0 Å². The number of aliphatic imine (C=N–C) groups is 1. The Morgan fingerprint density at radius 3 is 2.83 bits per heavy atom. The fraction of sp³-hybridized carbons (Fsp3) is 0.615. The van der Waals surface area contributed by atoms with E-state index in [0.29, 0.717) is 5.13 Å². The highest BCUT2D eigenvalue weighted by molar-refractivity contribution is 7.80. The summed E-state index contributed by atoms with van der Waals surface area (Å²) in [6, 6.07) is 0.0187. The van der Waals surface area contributed by atoms with Crippen LogP contribution in [0.2, 0.25) is 0 Å². The second-order valence-corrected chi connectivity index (χ2v) is 6.84. The number of nitrogens with two attached hydrogens (primary N) is 2. The zero-order chi connectivity index (χ0) is 17.7. The van der Waals surface area contributed by atoms with Gasteiger partial charge in [0.2, 0.25) is 5.13 Å². The average molecular weight is 380 g/mol. The van der Waals surface area contributed by atoms with Crippen LogP contribution in [-0.4, -0.2) is 34.8 Å². The first-order valence-electron chi connectivity index (χ1n) is 7.39. The molecule has 0 spiro atoms. The van der Waals surface area contributed by atoms with Crippen LogP contribution in [0.1, 0.15) is 37.3 Å². The minimum Gasteiger partial charge on any atom is -0.370 e. The zero-order valence-electron chi connectivity index (χ0n) is 12.8. The Balaban J connectivity index is 1.88. The van der Waals surface area contributed by atoms with E-state index >= 15 is 0 Å². The van der Waals surface area contributed by atoms with E-state index < -0.39 is 12.7 Å². The van der Waals surface area contributed by atoms with Gasteiger partial charge >= 0.3 is 6.18 Å². The smallest absolute Gasteiger partial charge is 0.370 e. The Morgan fingerprint density at radius 1 is 1.42 bits per heavy atom. The molecule has 0 saturated heterocycles. The molecule has 1 aliphatic carbocycles. The maximum absolute atomic E-state index is 12.2. The monoisotopic (exact) mass is 380 g/mol. The molecule has 1 heterocycles. The lowest BCUT2D eigenvalue weighted by molar-refractivity contribution is -0.122. The van der Waals surface area contributed by atoms with Crippen molar-refractivity contribution in [3.05, 3.63) is 11.1 Å². The molecule has 134 valence electrons. The van der Waals surface area contributed by atoms with Crippen molar-refractivity contribution in [2.24, 2.45) is 16.5 Å². The molecular formula is C13H19F3N6S2. The van der Waals surface area contributed by atoms with E-state index in [-0.39, 0.29) is 23.0 Å². The molecule has 1 fully saturated rings. The lowest BCUT2D eigenvalue weighted by Gasteiger charge is -2.29. The molecule has 24 heavy (non-hydrogen) atoms. The summed E-state index contributed by atoms with van der Waals surface area (Å²) in [5.74, 6) is 0.168. The lowest BCUT2D eigenvalue weighted by Crippen LogP contribution is -2.46.